The number of carbonyl (C=O) groups is 1. The third-order valence-corrected chi connectivity index (χ3v) is 4.94. The van der Waals surface area contributed by atoms with Gasteiger partial charge >= 0.3 is 6.03 Å². The quantitative estimate of drug-likeness (QED) is 0.592. The molecular formula is C21H22N2OS. The first kappa shape index (κ1) is 17.2. The van der Waals surface area contributed by atoms with Gasteiger partial charge in [0.25, 0.3) is 0 Å². The van der Waals surface area contributed by atoms with Crippen LogP contribution in [0, 0.1) is 0 Å². The SMILES string of the molecule is O=C(NCCCc1ccccc1)NC(c1ccccc1)c1cccs1. The number of thiophene rings is 1. The highest BCUT2D eigenvalue weighted by Gasteiger charge is 2.17. The molecule has 3 rings (SSSR count). The molecule has 0 saturated heterocycles. The van der Waals surface area contributed by atoms with Gasteiger partial charge in [-0.15, -0.1) is 11.3 Å². The van der Waals surface area contributed by atoms with Crippen LogP contribution in [0.5, 0.6) is 0 Å². The lowest BCUT2D eigenvalue weighted by atomic mass is 10.1. The van der Waals surface area contributed by atoms with Crippen LogP contribution in [-0.4, -0.2) is 12.6 Å². The van der Waals surface area contributed by atoms with Gasteiger partial charge in [-0.05, 0) is 35.4 Å². The Morgan fingerprint density at radius 1 is 0.920 bits per heavy atom. The number of hydrogen-bond acceptors (Lipinski definition) is 2. The van der Waals surface area contributed by atoms with Gasteiger partial charge in [0.15, 0.2) is 0 Å². The van der Waals surface area contributed by atoms with Crippen LogP contribution < -0.4 is 10.6 Å². The van der Waals surface area contributed by atoms with Crippen molar-refractivity contribution < 1.29 is 4.79 Å². The summed E-state index contributed by atoms with van der Waals surface area (Å²) in [5, 5.41) is 8.10. The van der Waals surface area contributed by atoms with Gasteiger partial charge in [-0.25, -0.2) is 4.79 Å². The fourth-order valence-corrected chi connectivity index (χ4v) is 3.54. The highest BCUT2D eigenvalue weighted by Crippen LogP contribution is 2.25. The summed E-state index contributed by atoms with van der Waals surface area (Å²) < 4.78 is 0. The van der Waals surface area contributed by atoms with E-state index < -0.39 is 0 Å². The largest absolute Gasteiger partial charge is 0.338 e. The highest BCUT2D eigenvalue weighted by molar-refractivity contribution is 7.10. The van der Waals surface area contributed by atoms with Gasteiger partial charge < -0.3 is 10.6 Å². The number of benzene rings is 2. The van der Waals surface area contributed by atoms with Crippen molar-refractivity contribution in [2.45, 2.75) is 18.9 Å². The molecule has 0 saturated carbocycles. The zero-order valence-corrected chi connectivity index (χ0v) is 14.8. The molecule has 25 heavy (non-hydrogen) atoms. The van der Waals surface area contributed by atoms with E-state index in [1.165, 1.54) is 5.56 Å². The molecule has 2 aromatic carbocycles. The molecule has 0 radical (unpaired) electrons. The minimum atomic E-state index is -0.129. The number of aryl methyl sites for hydroxylation is 1. The van der Waals surface area contributed by atoms with E-state index in [4.69, 9.17) is 0 Å². The van der Waals surface area contributed by atoms with Gasteiger partial charge in [-0.1, -0.05) is 66.7 Å². The molecule has 3 nitrogen and oxygen atoms in total. The van der Waals surface area contributed by atoms with E-state index in [2.05, 4.69) is 28.8 Å². The monoisotopic (exact) mass is 350 g/mol. The van der Waals surface area contributed by atoms with E-state index >= 15 is 0 Å². The molecule has 0 aliphatic rings. The summed E-state index contributed by atoms with van der Waals surface area (Å²) in [6.45, 7) is 0.659. The molecule has 1 aromatic heterocycles. The molecule has 2 amide bonds. The van der Waals surface area contributed by atoms with Crippen LogP contribution in [0.2, 0.25) is 0 Å². The summed E-state index contributed by atoms with van der Waals surface area (Å²) in [5.74, 6) is 0. The van der Waals surface area contributed by atoms with E-state index in [1.54, 1.807) is 11.3 Å². The number of nitrogens with one attached hydrogen (secondary N) is 2. The molecular weight excluding hydrogens is 328 g/mol. The molecule has 3 aromatic rings. The summed E-state index contributed by atoms with van der Waals surface area (Å²) in [6, 6.07) is 24.2. The lowest BCUT2D eigenvalue weighted by Gasteiger charge is -2.18. The van der Waals surface area contributed by atoms with Crippen molar-refractivity contribution in [3.05, 3.63) is 94.2 Å². The van der Waals surface area contributed by atoms with E-state index in [-0.39, 0.29) is 12.1 Å². The Morgan fingerprint density at radius 3 is 2.32 bits per heavy atom. The highest BCUT2D eigenvalue weighted by atomic mass is 32.1. The number of rotatable bonds is 7. The average molecular weight is 350 g/mol. The van der Waals surface area contributed by atoms with Gasteiger partial charge in [0, 0.05) is 11.4 Å². The Bertz CT molecular complexity index is 757. The van der Waals surface area contributed by atoms with Crippen LogP contribution in [0.1, 0.15) is 28.5 Å². The zero-order valence-electron chi connectivity index (χ0n) is 14.0. The summed E-state index contributed by atoms with van der Waals surface area (Å²) in [6.07, 6.45) is 1.89. The average Bonchev–Trinajstić information content (AvgIpc) is 3.19. The third kappa shape index (κ3) is 5.19. The van der Waals surface area contributed by atoms with Crippen molar-refractivity contribution in [3.63, 3.8) is 0 Å². The number of carbonyl (C=O) groups excluding carboxylic acids is 1. The third-order valence-electron chi connectivity index (χ3n) is 4.01. The van der Waals surface area contributed by atoms with Crippen LogP contribution in [-0.2, 0) is 6.42 Å². The molecule has 0 bridgehead atoms. The zero-order chi connectivity index (χ0) is 17.3. The van der Waals surface area contributed by atoms with Crippen LogP contribution in [0.4, 0.5) is 4.79 Å². The Morgan fingerprint density at radius 2 is 1.64 bits per heavy atom. The fourth-order valence-electron chi connectivity index (χ4n) is 2.74. The van der Waals surface area contributed by atoms with Crippen LogP contribution in [0.25, 0.3) is 0 Å². The summed E-state index contributed by atoms with van der Waals surface area (Å²) >= 11 is 1.65. The smallest absolute Gasteiger partial charge is 0.315 e. The normalized spacial score (nSPS) is 11.7. The first-order valence-electron chi connectivity index (χ1n) is 8.49. The molecule has 0 fully saturated rings. The maximum atomic E-state index is 12.3. The lowest BCUT2D eigenvalue weighted by molar-refractivity contribution is 0.238. The van der Waals surface area contributed by atoms with Crippen LogP contribution in [0.3, 0.4) is 0 Å². The molecule has 128 valence electrons. The molecule has 0 aliphatic heterocycles. The predicted octanol–water partition coefficient (Wildman–Crippen LogP) is 4.77. The van der Waals surface area contributed by atoms with Crippen molar-refractivity contribution in [3.8, 4) is 0 Å². The molecule has 2 N–H and O–H groups in total. The van der Waals surface area contributed by atoms with Crippen molar-refractivity contribution >= 4 is 17.4 Å². The minimum absolute atomic E-state index is 0.115. The molecule has 0 aliphatic carbocycles. The topological polar surface area (TPSA) is 41.1 Å². The van der Waals surface area contributed by atoms with Gasteiger partial charge in [0.2, 0.25) is 0 Å². The standard InChI is InChI=1S/C21H22N2OS/c24-21(22-15-7-11-17-9-3-1-4-10-17)23-20(19-14-8-16-25-19)18-12-5-2-6-13-18/h1-6,8-10,12-14,16,20H,7,11,15H2,(H2,22,23,24). The molecule has 1 heterocycles. The first-order valence-corrected chi connectivity index (χ1v) is 9.37. The Hall–Kier alpha value is -2.59. The Labute approximate surface area is 152 Å². The second kappa shape index (κ2) is 9.04. The van der Waals surface area contributed by atoms with E-state index in [9.17, 15) is 4.79 Å². The summed E-state index contributed by atoms with van der Waals surface area (Å²) in [4.78, 5) is 13.4. The molecule has 1 unspecified atom stereocenters. The van der Waals surface area contributed by atoms with E-state index in [0.717, 1.165) is 23.3 Å². The van der Waals surface area contributed by atoms with Crippen LogP contribution in [0.15, 0.2) is 78.2 Å². The van der Waals surface area contributed by atoms with Gasteiger partial charge in [-0.2, -0.15) is 0 Å². The maximum absolute atomic E-state index is 12.3. The molecule has 0 spiro atoms. The van der Waals surface area contributed by atoms with E-state index in [0.29, 0.717) is 6.54 Å². The van der Waals surface area contributed by atoms with Gasteiger partial charge in [0.1, 0.15) is 0 Å². The second-order valence-electron chi connectivity index (χ2n) is 5.85. The van der Waals surface area contributed by atoms with Crippen molar-refractivity contribution in [2.75, 3.05) is 6.54 Å². The van der Waals surface area contributed by atoms with Crippen LogP contribution >= 0.6 is 11.3 Å². The van der Waals surface area contributed by atoms with Crippen molar-refractivity contribution in [1.82, 2.24) is 10.6 Å². The molecule has 4 heteroatoms. The van der Waals surface area contributed by atoms with Gasteiger partial charge in [-0.3, -0.25) is 0 Å². The number of amides is 2. The summed E-state index contributed by atoms with van der Waals surface area (Å²) in [5.41, 5.74) is 2.38. The summed E-state index contributed by atoms with van der Waals surface area (Å²) in [7, 11) is 0. The minimum Gasteiger partial charge on any atom is -0.338 e. The van der Waals surface area contributed by atoms with Crippen molar-refractivity contribution in [1.29, 1.82) is 0 Å². The lowest BCUT2D eigenvalue weighted by Crippen LogP contribution is -2.38. The Kier molecular flexibility index (Phi) is 6.23. The first-order chi connectivity index (χ1) is 12.3. The number of hydrogen-bond donors (Lipinski definition) is 2. The van der Waals surface area contributed by atoms with E-state index in [1.807, 2.05) is 60.0 Å². The second-order valence-corrected chi connectivity index (χ2v) is 6.83. The number of urea groups is 1. The molecule has 1 atom stereocenters. The van der Waals surface area contributed by atoms with Gasteiger partial charge in [0.05, 0.1) is 6.04 Å². The maximum Gasteiger partial charge on any atom is 0.315 e. The predicted molar refractivity (Wildman–Crippen MR) is 104 cm³/mol. The van der Waals surface area contributed by atoms with Crippen molar-refractivity contribution in [2.24, 2.45) is 0 Å². The Balaban J connectivity index is 1.52. The fraction of sp³-hybridized carbons (Fsp3) is 0.190.